The molecule has 0 spiro atoms. The number of ether oxygens (including phenoxy) is 1. The van der Waals surface area contributed by atoms with Crippen molar-refractivity contribution in [3.63, 3.8) is 0 Å². The number of hydrogen-bond acceptors (Lipinski definition) is 3. The van der Waals surface area contributed by atoms with Crippen LogP contribution in [0.5, 0.6) is 0 Å². The van der Waals surface area contributed by atoms with Gasteiger partial charge < -0.3 is 4.74 Å². The van der Waals surface area contributed by atoms with E-state index in [-0.39, 0.29) is 30.9 Å². The Hall–Kier alpha value is -0.710. The van der Waals surface area contributed by atoms with E-state index in [1.807, 2.05) is 4.90 Å². The zero-order chi connectivity index (χ0) is 12.5. The third-order valence-corrected chi connectivity index (χ3v) is 3.88. The number of piperidine rings is 1. The number of esters is 1. The minimum Gasteiger partial charge on any atom is -0.469 e. The molecule has 0 bridgehead atoms. The van der Waals surface area contributed by atoms with Crippen LogP contribution in [0.25, 0.3) is 0 Å². The van der Waals surface area contributed by atoms with E-state index < -0.39 is 5.92 Å². The maximum absolute atomic E-state index is 13.3. The molecular weight excluding hydrogens is 228 g/mol. The summed E-state index contributed by atoms with van der Waals surface area (Å²) in [5, 5.41) is 0. The molecule has 2 fully saturated rings. The number of nitrogens with zero attached hydrogens (tertiary/aromatic N) is 1. The molecule has 5 heteroatoms. The lowest BCUT2D eigenvalue weighted by molar-refractivity contribution is -0.145. The van der Waals surface area contributed by atoms with Crippen molar-refractivity contribution in [2.75, 3.05) is 20.2 Å². The van der Waals surface area contributed by atoms with E-state index >= 15 is 0 Å². The molecule has 0 unspecified atom stereocenters. The van der Waals surface area contributed by atoms with Crippen molar-refractivity contribution in [2.24, 2.45) is 5.92 Å². The fraction of sp³-hybridized carbons (Fsp3) is 0.917. The standard InChI is InChI=1S/C12H19F2NO2/c1-17-11(16)9-3-4-10(7-9)15-6-2-5-12(13,14)8-15/h9-10H,2-8H2,1H3/t9-,10-/m0/s1. The maximum Gasteiger partial charge on any atom is 0.308 e. The molecule has 98 valence electrons. The highest BCUT2D eigenvalue weighted by molar-refractivity contribution is 5.72. The Balaban J connectivity index is 1.90. The van der Waals surface area contributed by atoms with Gasteiger partial charge in [0.15, 0.2) is 0 Å². The van der Waals surface area contributed by atoms with Crippen molar-refractivity contribution >= 4 is 5.97 Å². The summed E-state index contributed by atoms with van der Waals surface area (Å²) in [6, 6.07) is 0.130. The average Bonchev–Trinajstić information content (AvgIpc) is 2.76. The maximum atomic E-state index is 13.3. The molecule has 1 aliphatic carbocycles. The lowest BCUT2D eigenvalue weighted by Gasteiger charge is -2.36. The summed E-state index contributed by atoms with van der Waals surface area (Å²) in [6.07, 6.45) is 2.81. The predicted octanol–water partition coefficient (Wildman–Crippen LogP) is 2.06. The summed E-state index contributed by atoms with van der Waals surface area (Å²) in [5.41, 5.74) is 0. The number of halogens is 2. The molecule has 0 N–H and O–H groups in total. The summed E-state index contributed by atoms with van der Waals surface area (Å²) < 4.78 is 31.3. The average molecular weight is 247 g/mol. The van der Waals surface area contributed by atoms with E-state index in [2.05, 4.69) is 0 Å². The minimum atomic E-state index is -2.55. The number of methoxy groups -OCH3 is 1. The van der Waals surface area contributed by atoms with E-state index in [4.69, 9.17) is 4.74 Å². The van der Waals surface area contributed by atoms with Gasteiger partial charge in [-0.3, -0.25) is 9.69 Å². The largest absolute Gasteiger partial charge is 0.469 e. The highest BCUT2D eigenvalue weighted by Gasteiger charge is 2.41. The van der Waals surface area contributed by atoms with Gasteiger partial charge in [-0.15, -0.1) is 0 Å². The van der Waals surface area contributed by atoms with Crippen molar-refractivity contribution in [2.45, 2.75) is 44.1 Å². The molecule has 3 nitrogen and oxygen atoms in total. The van der Waals surface area contributed by atoms with Crippen LogP contribution in [0.3, 0.4) is 0 Å². The first kappa shape index (κ1) is 12.7. The number of likely N-dealkylation sites (tertiary alicyclic amines) is 1. The van der Waals surface area contributed by atoms with Crippen LogP contribution in [0.15, 0.2) is 0 Å². The van der Waals surface area contributed by atoms with E-state index in [9.17, 15) is 13.6 Å². The topological polar surface area (TPSA) is 29.5 Å². The van der Waals surface area contributed by atoms with Crippen LogP contribution in [-0.2, 0) is 9.53 Å². The number of alkyl halides is 2. The quantitative estimate of drug-likeness (QED) is 0.699. The van der Waals surface area contributed by atoms with Crippen LogP contribution in [-0.4, -0.2) is 43.0 Å². The monoisotopic (exact) mass is 247 g/mol. The van der Waals surface area contributed by atoms with Gasteiger partial charge in [0.2, 0.25) is 0 Å². The van der Waals surface area contributed by atoms with Crippen LogP contribution in [0.1, 0.15) is 32.1 Å². The number of carbonyl (C=O) groups excluding carboxylic acids is 1. The van der Waals surface area contributed by atoms with Crippen molar-refractivity contribution in [1.82, 2.24) is 4.90 Å². The number of hydrogen-bond donors (Lipinski definition) is 0. The van der Waals surface area contributed by atoms with Gasteiger partial charge in [-0.05, 0) is 32.2 Å². The molecular formula is C12H19F2NO2. The van der Waals surface area contributed by atoms with Gasteiger partial charge in [-0.25, -0.2) is 8.78 Å². The molecule has 1 saturated carbocycles. The summed E-state index contributed by atoms with van der Waals surface area (Å²) >= 11 is 0. The van der Waals surface area contributed by atoms with Gasteiger partial charge >= 0.3 is 5.97 Å². The first-order valence-corrected chi connectivity index (χ1v) is 6.21. The fourth-order valence-electron chi connectivity index (χ4n) is 2.98. The predicted molar refractivity (Wildman–Crippen MR) is 58.9 cm³/mol. The Labute approximate surface area is 100 Å². The van der Waals surface area contributed by atoms with Crippen LogP contribution in [0, 0.1) is 5.92 Å². The first-order chi connectivity index (χ1) is 8.02. The van der Waals surface area contributed by atoms with Crippen molar-refractivity contribution < 1.29 is 18.3 Å². The molecule has 0 radical (unpaired) electrons. The molecule has 0 amide bonds. The van der Waals surface area contributed by atoms with Crippen LogP contribution >= 0.6 is 0 Å². The molecule has 0 aromatic heterocycles. The molecule has 1 aliphatic heterocycles. The first-order valence-electron chi connectivity index (χ1n) is 6.21. The highest BCUT2D eigenvalue weighted by Crippen LogP contribution is 2.35. The third-order valence-electron chi connectivity index (χ3n) is 3.88. The highest BCUT2D eigenvalue weighted by atomic mass is 19.3. The Morgan fingerprint density at radius 1 is 1.41 bits per heavy atom. The van der Waals surface area contributed by atoms with E-state index in [1.54, 1.807) is 0 Å². The molecule has 2 aliphatic rings. The number of rotatable bonds is 2. The Bertz CT molecular complexity index is 296. The van der Waals surface area contributed by atoms with Crippen LogP contribution < -0.4 is 0 Å². The van der Waals surface area contributed by atoms with Crippen molar-refractivity contribution in [3.05, 3.63) is 0 Å². The summed E-state index contributed by atoms with van der Waals surface area (Å²) in [4.78, 5) is 13.2. The second-order valence-corrected chi connectivity index (χ2v) is 5.12. The van der Waals surface area contributed by atoms with Crippen molar-refractivity contribution in [3.8, 4) is 0 Å². The zero-order valence-electron chi connectivity index (χ0n) is 10.1. The Morgan fingerprint density at radius 2 is 2.18 bits per heavy atom. The van der Waals surface area contributed by atoms with Gasteiger partial charge in [0.25, 0.3) is 5.92 Å². The third kappa shape index (κ3) is 2.94. The van der Waals surface area contributed by atoms with Gasteiger partial charge in [-0.2, -0.15) is 0 Å². The van der Waals surface area contributed by atoms with Crippen molar-refractivity contribution in [1.29, 1.82) is 0 Å². The lowest BCUT2D eigenvalue weighted by Crippen LogP contribution is -2.47. The van der Waals surface area contributed by atoms with Crippen LogP contribution in [0.2, 0.25) is 0 Å². The molecule has 0 aromatic carbocycles. The molecule has 1 heterocycles. The Kier molecular flexibility index (Phi) is 3.66. The smallest absolute Gasteiger partial charge is 0.308 e. The van der Waals surface area contributed by atoms with Crippen LogP contribution in [0.4, 0.5) is 8.78 Å². The lowest BCUT2D eigenvalue weighted by atomic mass is 10.0. The molecule has 1 saturated heterocycles. The molecule has 17 heavy (non-hydrogen) atoms. The van der Waals surface area contributed by atoms with Gasteiger partial charge in [-0.1, -0.05) is 0 Å². The second kappa shape index (κ2) is 4.88. The zero-order valence-corrected chi connectivity index (χ0v) is 10.1. The normalized spacial score (nSPS) is 33.6. The molecule has 2 rings (SSSR count). The van der Waals surface area contributed by atoms with Gasteiger partial charge in [0.1, 0.15) is 0 Å². The van der Waals surface area contributed by atoms with E-state index in [0.717, 1.165) is 19.4 Å². The molecule has 2 atom stereocenters. The van der Waals surface area contributed by atoms with E-state index in [0.29, 0.717) is 12.8 Å². The second-order valence-electron chi connectivity index (χ2n) is 5.12. The Morgan fingerprint density at radius 3 is 2.82 bits per heavy atom. The van der Waals surface area contributed by atoms with Gasteiger partial charge in [0.05, 0.1) is 19.6 Å². The fourth-order valence-corrected chi connectivity index (χ4v) is 2.98. The van der Waals surface area contributed by atoms with Gasteiger partial charge in [0, 0.05) is 12.5 Å². The molecule has 0 aromatic rings. The summed E-state index contributed by atoms with van der Waals surface area (Å²) in [5.74, 6) is -2.85. The minimum absolute atomic E-state index is 0.00332. The SMILES string of the molecule is COC(=O)[C@H]1CC[C@H](N2CCCC(F)(F)C2)C1. The summed E-state index contributed by atoms with van der Waals surface area (Å²) in [7, 11) is 1.38. The summed E-state index contributed by atoms with van der Waals surface area (Å²) in [6.45, 7) is 0.583. The number of carbonyl (C=O) groups is 1. The van der Waals surface area contributed by atoms with E-state index in [1.165, 1.54) is 7.11 Å².